The highest BCUT2D eigenvalue weighted by atomic mass is 32.2. The number of nitrogens with zero attached hydrogens (tertiary/aromatic N) is 1. The number of ether oxygens (including phenoxy) is 1. The molecule has 1 amide bonds. The number of rotatable bonds is 6. The molecule has 116 valence electrons. The molecule has 1 heterocycles. The van der Waals surface area contributed by atoms with E-state index in [-0.39, 0.29) is 5.91 Å². The van der Waals surface area contributed by atoms with Gasteiger partial charge in [0.05, 0.1) is 12.9 Å². The zero-order chi connectivity index (χ0) is 15.1. The van der Waals surface area contributed by atoms with Crippen molar-refractivity contribution in [2.45, 2.75) is 17.7 Å². The van der Waals surface area contributed by atoms with Crippen LogP contribution < -0.4 is 10.1 Å². The molecule has 1 fully saturated rings. The highest BCUT2D eigenvalue weighted by Gasteiger charge is 2.22. The van der Waals surface area contributed by atoms with Gasteiger partial charge in [-0.3, -0.25) is 4.79 Å². The molecule has 1 saturated heterocycles. The van der Waals surface area contributed by atoms with Gasteiger partial charge in [-0.25, -0.2) is 0 Å². The van der Waals surface area contributed by atoms with E-state index in [0.29, 0.717) is 11.7 Å². The van der Waals surface area contributed by atoms with Crippen molar-refractivity contribution in [1.29, 1.82) is 0 Å². The van der Waals surface area contributed by atoms with Gasteiger partial charge in [0.2, 0.25) is 5.91 Å². The van der Waals surface area contributed by atoms with E-state index in [9.17, 15) is 4.79 Å². The third kappa shape index (κ3) is 4.93. The number of hydrogen-bond donors (Lipinski definition) is 1. The second-order valence-electron chi connectivity index (χ2n) is 5.37. The molecular formula is C16H24N2O2S. The predicted octanol–water partition coefficient (Wildman–Crippen LogP) is 2.25. The minimum Gasteiger partial charge on any atom is -0.497 e. The Hall–Kier alpha value is -1.20. The normalized spacial score (nSPS) is 18.6. The standard InChI is InChI=1S/C16H24N2O2S/c1-17-10-13-4-3-9-18(11-13)16(19)12-21-15-7-5-14(20-2)6-8-15/h5-8,13,17H,3-4,9-12H2,1-2H3. The van der Waals surface area contributed by atoms with Crippen LogP contribution in [0, 0.1) is 5.92 Å². The number of methoxy groups -OCH3 is 1. The van der Waals surface area contributed by atoms with Gasteiger partial charge in [0, 0.05) is 18.0 Å². The molecule has 1 aromatic carbocycles. The van der Waals surface area contributed by atoms with Crippen LogP contribution in [0.4, 0.5) is 0 Å². The molecule has 1 unspecified atom stereocenters. The van der Waals surface area contributed by atoms with Gasteiger partial charge in [-0.1, -0.05) is 0 Å². The van der Waals surface area contributed by atoms with E-state index in [4.69, 9.17) is 4.74 Å². The molecule has 0 saturated carbocycles. The lowest BCUT2D eigenvalue weighted by Crippen LogP contribution is -2.43. The third-order valence-corrected chi connectivity index (χ3v) is 4.78. The summed E-state index contributed by atoms with van der Waals surface area (Å²) in [5.74, 6) is 2.20. The van der Waals surface area contributed by atoms with E-state index in [0.717, 1.165) is 36.7 Å². The molecule has 1 N–H and O–H groups in total. The summed E-state index contributed by atoms with van der Waals surface area (Å²) in [5, 5.41) is 3.21. The highest BCUT2D eigenvalue weighted by Crippen LogP contribution is 2.23. The molecule has 1 atom stereocenters. The molecule has 0 aliphatic carbocycles. The number of benzene rings is 1. The van der Waals surface area contributed by atoms with E-state index < -0.39 is 0 Å². The minimum atomic E-state index is 0.247. The maximum Gasteiger partial charge on any atom is 0.232 e. The Morgan fingerprint density at radius 3 is 2.86 bits per heavy atom. The molecule has 2 rings (SSSR count). The molecule has 0 bridgehead atoms. The van der Waals surface area contributed by atoms with E-state index in [1.165, 1.54) is 6.42 Å². The fraction of sp³-hybridized carbons (Fsp3) is 0.562. The average Bonchev–Trinajstić information content (AvgIpc) is 2.53. The first-order valence-corrected chi connectivity index (χ1v) is 8.40. The van der Waals surface area contributed by atoms with Crippen LogP contribution in [0.3, 0.4) is 0 Å². The second-order valence-corrected chi connectivity index (χ2v) is 6.42. The van der Waals surface area contributed by atoms with Crippen molar-refractivity contribution in [3.63, 3.8) is 0 Å². The number of thioether (sulfide) groups is 1. The van der Waals surface area contributed by atoms with Gasteiger partial charge in [-0.05, 0) is 56.6 Å². The van der Waals surface area contributed by atoms with Crippen LogP contribution in [0.25, 0.3) is 0 Å². The summed E-state index contributed by atoms with van der Waals surface area (Å²) in [6, 6.07) is 7.85. The predicted molar refractivity (Wildman–Crippen MR) is 86.9 cm³/mol. The number of carbonyl (C=O) groups is 1. The molecule has 5 heteroatoms. The van der Waals surface area contributed by atoms with Gasteiger partial charge in [-0.2, -0.15) is 0 Å². The van der Waals surface area contributed by atoms with E-state index in [2.05, 4.69) is 5.32 Å². The van der Waals surface area contributed by atoms with Gasteiger partial charge < -0.3 is 15.0 Å². The Morgan fingerprint density at radius 2 is 2.19 bits per heavy atom. The third-order valence-electron chi connectivity index (χ3n) is 3.79. The zero-order valence-electron chi connectivity index (χ0n) is 12.8. The molecule has 21 heavy (non-hydrogen) atoms. The lowest BCUT2D eigenvalue weighted by molar-refractivity contribution is -0.130. The SMILES string of the molecule is CNCC1CCCN(C(=O)CSc2ccc(OC)cc2)C1. The van der Waals surface area contributed by atoms with Crippen molar-refractivity contribution in [3.05, 3.63) is 24.3 Å². The fourth-order valence-electron chi connectivity index (χ4n) is 2.66. The molecule has 4 nitrogen and oxygen atoms in total. The summed E-state index contributed by atoms with van der Waals surface area (Å²) in [5.41, 5.74) is 0. The van der Waals surface area contributed by atoms with Crippen LogP contribution in [0.2, 0.25) is 0 Å². The molecule has 0 aromatic heterocycles. The van der Waals surface area contributed by atoms with Crippen molar-refractivity contribution in [1.82, 2.24) is 10.2 Å². The molecule has 0 spiro atoms. The fourth-order valence-corrected chi connectivity index (χ4v) is 3.46. The average molecular weight is 308 g/mol. The topological polar surface area (TPSA) is 41.6 Å². The van der Waals surface area contributed by atoms with Gasteiger partial charge >= 0.3 is 0 Å². The largest absolute Gasteiger partial charge is 0.497 e. The lowest BCUT2D eigenvalue weighted by Gasteiger charge is -2.32. The monoisotopic (exact) mass is 308 g/mol. The molecule has 1 aliphatic heterocycles. The number of carbonyl (C=O) groups excluding carboxylic acids is 1. The Kier molecular flexibility index (Phi) is 6.39. The number of likely N-dealkylation sites (tertiary alicyclic amines) is 1. The summed E-state index contributed by atoms with van der Waals surface area (Å²) in [4.78, 5) is 15.4. The first-order chi connectivity index (χ1) is 10.2. The summed E-state index contributed by atoms with van der Waals surface area (Å²) >= 11 is 1.59. The zero-order valence-corrected chi connectivity index (χ0v) is 13.6. The van der Waals surface area contributed by atoms with E-state index in [1.54, 1.807) is 18.9 Å². The van der Waals surface area contributed by atoms with Crippen molar-refractivity contribution in [3.8, 4) is 5.75 Å². The van der Waals surface area contributed by atoms with Gasteiger partial charge in [0.1, 0.15) is 5.75 Å². The summed E-state index contributed by atoms with van der Waals surface area (Å²) in [6.45, 7) is 2.79. The van der Waals surface area contributed by atoms with Crippen LogP contribution in [0.15, 0.2) is 29.2 Å². The quantitative estimate of drug-likeness (QED) is 0.819. The second kappa shape index (κ2) is 8.29. The smallest absolute Gasteiger partial charge is 0.232 e. The van der Waals surface area contributed by atoms with E-state index in [1.807, 2.05) is 36.2 Å². The van der Waals surface area contributed by atoms with Gasteiger partial charge in [-0.15, -0.1) is 11.8 Å². The number of piperidine rings is 1. The Balaban J connectivity index is 1.80. The Labute approximate surface area is 131 Å². The van der Waals surface area contributed by atoms with Gasteiger partial charge in [0.15, 0.2) is 0 Å². The number of nitrogens with one attached hydrogen (secondary N) is 1. The van der Waals surface area contributed by atoms with Crippen molar-refractivity contribution >= 4 is 17.7 Å². The van der Waals surface area contributed by atoms with Crippen molar-refractivity contribution < 1.29 is 9.53 Å². The van der Waals surface area contributed by atoms with Crippen LogP contribution in [-0.4, -0.2) is 50.4 Å². The summed E-state index contributed by atoms with van der Waals surface area (Å²) in [6.07, 6.45) is 2.33. The highest BCUT2D eigenvalue weighted by molar-refractivity contribution is 8.00. The lowest BCUT2D eigenvalue weighted by atomic mass is 9.98. The maximum absolute atomic E-state index is 12.3. The summed E-state index contributed by atoms with van der Waals surface area (Å²) < 4.78 is 5.13. The van der Waals surface area contributed by atoms with Crippen molar-refractivity contribution in [2.24, 2.45) is 5.92 Å². The van der Waals surface area contributed by atoms with Crippen molar-refractivity contribution in [2.75, 3.05) is 39.5 Å². The van der Waals surface area contributed by atoms with Gasteiger partial charge in [0.25, 0.3) is 0 Å². The molecule has 1 aliphatic rings. The first kappa shape index (κ1) is 16.2. The number of amides is 1. The van der Waals surface area contributed by atoms with E-state index >= 15 is 0 Å². The van der Waals surface area contributed by atoms with Crippen LogP contribution in [-0.2, 0) is 4.79 Å². The van der Waals surface area contributed by atoms with Crippen LogP contribution in [0.1, 0.15) is 12.8 Å². The molecule has 1 aromatic rings. The van der Waals surface area contributed by atoms with Crippen LogP contribution >= 0.6 is 11.8 Å². The minimum absolute atomic E-state index is 0.247. The Bertz CT molecular complexity index is 448. The Morgan fingerprint density at radius 1 is 1.43 bits per heavy atom. The first-order valence-electron chi connectivity index (χ1n) is 7.42. The van der Waals surface area contributed by atoms with Crippen LogP contribution in [0.5, 0.6) is 5.75 Å². The number of hydrogen-bond acceptors (Lipinski definition) is 4. The molecule has 0 radical (unpaired) electrons. The molecular weight excluding hydrogens is 284 g/mol. The summed E-state index contributed by atoms with van der Waals surface area (Å²) in [7, 11) is 3.63. The maximum atomic E-state index is 12.3.